The standard InChI is InChI=1S/C11H12N2O2/c1-7-4-3-5-8-10(7)11(15)13(2)6-9(14)12-8/h3-5H,6H2,1-2H3,(H,12,14). The van der Waals surface area contributed by atoms with Crippen molar-refractivity contribution < 1.29 is 9.59 Å². The zero-order chi connectivity index (χ0) is 11.0. The Labute approximate surface area is 87.9 Å². The topological polar surface area (TPSA) is 49.4 Å². The summed E-state index contributed by atoms with van der Waals surface area (Å²) in [6, 6.07) is 5.44. The Balaban J connectivity index is 2.60. The van der Waals surface area contributed by atoms with E-state index < -0.39 is 0 Å². The molecule has 1 N–H and O–H groups in total. The molecule has 2 rings (SSSR count). The van der Waals surface area contributed by atoms with E-state index in [9.17, 15) is 9.59 Å². The third kappa shape index (κ3) is 1.58. The van der Waals surface area contributed by atoms with Crippen LogP contribution in [0.25, 0.3) is 0 Å². The molecule has 1 aliphatic rings. The van der Waals surface area contributed by atoms with Crippen LogP contribution in [0.3, 0.4) is 0 Å². The number of rotatable bonds is 0. The molecule has 0 fully saturated rings. The largest absolute Gasteiger partial charge is 0.332 e. The lowest BCUT2D eigenvalue weighted by molar-refractivity contribution is -0.116. The summed E-state index contributed by atoms with van der Waals surface area (Å²) in [5, 5.41) is 2.72. The van der Waals surface area contributed by atoms with Gasteiger partial charge >= 0.3 is 0 Å². The molecule has 2 amide bonds. The molecule has 15 heavy (non-hydrogen) atoms. The zero-order valence-corrected chi connectivity index (χ0v) is 8.70. The van der Waals surface area contributed by atoms with Gasteiger partial charge in [0.05, 0.1) is 17.8 Å². The van der Waals surface area contributed by atoms with E-state index in [4.69, 9.17) is 0 Å². The minimum atomic E-state index is -0.157. The Bertz CT molecular complexity index is 440. The van der Waals surface area contributed by atoms with E-state index >= 15 is 0 Å². The predicted molar refractivity (Wildman–Crippen MR) is 56.8 cm³/mol. The molecular weight excluding hydrogens is 192 g/mol. The molecule has 4 heteroatoms. The molecule has 0 atom stereocenters. The van der Waals surface area contributed by atoms with Gasteiger partial charge in [-0.2, -0.15) is 0 Å². The molecule has 78 valence electrons. The first-order valence-electron chi connectivity index (χ1n) is 4.74. The van der Waals surface area contributed by atoms with Crippen molar-refractivity contribution in [3.8, 4) is 0 Å². The second kappa shape index (κ2) is 3.38. The highest BCUT2D eigenvalue weighted by Gasteiger charge is 2.24. The predicted octanol–water partition coefficient (Wildman–Crippen LogP) is 1.02. The van der Waals surface area contributed by atoms with Gasteiger partial charge in [-0.3, -0.25) is 9.59 Å². The van der Waals surface area contributed by atoms with Gasteiger partial charge in [-0.25, -0.2) is 0 Å². The van der Waals surface area contributed by atoms with Crippen LogP contribution >= 0.6 is 0 Å². The monoisotopic (exact) mass is 204 g/mol. The normalized spacial score (nSPS) is 15.7. The van der Waals surface area contributed by atoms with Crippen molar-refractivity contribution in [2.24, 2.45) is 0 Å². The highest BCUT2D eigenvalue weighted by atomic mass is 16.2. The first kappa shape index (κ1) is 9.71. The summed E-state index contributed by atoms with van der Waals surface area (Å²) in [7, 11) is 1.63. The lowest BCUT2D eigenvalue weighted by Gasteiger charge is -2.13. The van der Waals surface area contributed by atoms with E-state index in [1.807, 2.05) is 19.1 Å². The van der Waals surface area contributed by atoms with Gasteiger partial charge in [-0.15, -0.1) is 0 Å². The molecule has 0 spiro atoms. The number of carbonyl (C=O) groups excluding carboxylic acids is 2. The van der Waals surface area contributed by atoms with E-state index in [1.54, 1.807) is 13.1 Å². The number of nitrogens with zero attached hydrogens (tertiary/aromatic N) is 1. The summed E-state index contributed by atoms with van der Waals surface area (Å²) in [5.41, 5.74) is 2.08. The Kier molecular flexibility index (Phi) is 2.19. The van der Waals surface area contributed by atoms with Gasteiger partial charge in [0.2, 0.25) is 5.91 Å². The molecule has 4 nitrogen and oxygen atoms in total. The molecule has 1 aliphatic heterocycles. The molecule has 0 unspecified atom stereocenters. The van der Waals surface area contributed by atoms with E-state index in [1.165, 1.54) is 4.90 Å². The van der Waals surface area contributed by atoms with Crippen LogP contribution in [-0.4, -0.2) is 30.3 Å². The van der Waals surface area contributed by atoms with Crippen molar-refractivity contribution in [3.05, 3.63) is 29.3 Å². The van der Waals surface area contributed by atoms with E-state index in [2.05, 4.69) is 5.32 Å². The minimum Gasteiger partial charge on any atom is -0.332 e. The van der Waals surface area contributed by atoms with Crippen LogP contribution in [0.4, 0.5) is 5.69 Å². The molecule has 0 aromatic heterocycles. The molecule has 0 aliphatic carbocycles. The number of hydrogen-bond donors (Lipinski definition) is 1. The van der Waals surface area contributed by atoms with Crippen LogP contribution in [0, 0.1) is 6.92 Å². The van der Waals surface area contributed by atoms with Crippen LogP contribution in [0.1, 0.15) is 15.9 Å². The third-order valence-electron chi connectivity index (χ3n) is 2.49. The summed E-state index contributed by atoms with van der Waals surface area (Å²) >= 11 is 0. The molecule has 0 bridgehead atoms. The molecule has 0 saturated heterocycles. The maximum absolute atomic E-state index is 11.9. The Morgan fingerprint density at radius 3 is 2.80 bits per heavy atom. The number of hydrogen-bond acceptors (Lipinski definition) is 2. The summed E-state index contributed by atoms with van der Waals surface area (Å²) in [5.74, 6) is -0.267. The average molecular weight is 204 g/mol. The second-order valence-corrected chi connectivity index (χ2v) is 3.71. The summed E-state index contributed by atoms with van der Waals surface area (Å²) in [6.07, 6.45) is 0. The van der Waals surface area contributed by atoms with Crippen molar-refractivity contribution in [1.82, 2.24) is 4.90 Å². The minimum absolute atomic E-state index is 0.104. The number of nitrogens with one attached hydrogen (secondary N) is 1. The van der Waals surface area contributed by atoms with Crippen molar-refractivity contribution in [1.29, 1.82) is 0 Å². The third-order valence-corrected chi connectivity index (χ3v) is 2.49. The Hall–Kier alpha value is -1.84. The van der Waals surface area contributed by atoms with Crippen LogP contribution in [0.2, 0.25) is 0 Å². The maximum Gasteiger partial charge on any atom is 0.256 e. The van der Waals surface area contributed by atoms with Gasteiger partial charge in [0.25, 0.3) is 5.91 Å². The van der Waals surface area contributed by atoms with Crippen LogP contribution in [-0.2, 0) is 4.79 Å². The number of benzene rings is 1. The Morgan fingerprint density at radius 2 is 2.07 bits per heavy atom. The molecule has 1 aromatic carbocycles. The molecule has 1 aromatic rings. The van der Waals surface area contributed by atoms with E-state index in [0.29, 0.717) is 11.3 Å². The maximum atomic E-state index is 11.9. The lowest BCUT2D eigenvalue weighted by atomic mass is 10.1. The quantitative estimate of drug-likeness (QED) is 0.686. The van der Waals surface area contributed by atoms with Gasteiger partial charge in [-0.05, 0) is 18.6 Å². The van der Waals surface area contributed by atoms with Gasteiger partial charge in [0, 0.05) is 7.05 Å². The molecule has 0 radical (unpaired) electrons. The average Bonchev–Trinajstić information content (AvgIpc) is 2.26. The Morgan fingerprint density at radius 1 is 1.33 bits per heavy atom. The first-order valence-corrected chi connectivity index (χ1v) is 4.74. The molecule has 0 saturated carbocycles. The number of amides is 2. The van der Waals surface area contributed by atoms with Gasteiger partial charge in [-0.1, -0.05) is 12.1 Å². The SMILES string of the molecule is Cc1cccc2c1C(=O)N(C)CC(=O)N2. The smallest absolute Gasteiger partial charge is 0.256 e. The van der Waals surface area contributed by atoms with Gasteiger partial charge in [0.1, 0.15) is 0 Å². The number of anilines is 1. The number of likely N-dealkylation sites (N-methyl/N-ethyl adjacent to an activating group) is 1. The van der Waals surface area contributed by atoms with Crippen LogP contribution in [0.5, 0.6) is 0 Å². The van der Waals surface area contributed by atoms with Gasteiger partial charge < -0.3 is 10.2 Å². The fraction of sp³-hybridized carbons (Fsp3) is 0.273. The van der Waals surface area contributed by atoms with Crippen molar-refractivity contribution >= 4 is 17.5 Å². The number of carbonyl (C=O) groups is 2. The highest BCUT2D eigenvalue weighted by molar-refractivity contribution is 6.09. The van der Waals surface area contributed by atoms with Crippen LogP contribution in [0.15, 0.2) is 18.2 Å². The molecular formula is C11H12N2O2. The van der Waals surface area contributed by atoms with Crippen molar-refractivity contribution in [2.45, 2.75) is 6.92 Å². The van der Waals surface area contributed by atoms with Crippen LogP contribution < -0.4 is 5.32 Å². The van der Waals surface area contributed by atoms with Crippen molar-refractivity contribution in [3.63, 3.8) is 0 Å². The highest BCUT2D eigenvalue weighted by Crippen LogP contribution is 2.23. The van der Waals surface area contributed by atoms with E-state index in [0.717, 1.165) is 5.56 Å². The van der Waals surface area contributed by atoms with E-state index in [-0.39, 0.29) is 18.4 Å². The lowest BCUT2D eigenvalue weighted by Crippen LogP contribution is -2.31. The fourth-order valence-corrected chi connectivity index (χ4v) is 1.72. The summed E-state index contributed by atoms with van der Waals surface area (Å²) in [4.78, 5) is 24.8. The first-order chi connectivity index (χ1) is 7.09. The second-order valence-electron chi connectivity index (χ2n) is 3.71. The summed E-state index contributed by atoms with van der Waals surface area (Å²) < 4.78 is 0. The fourth-order valence-electron chi connectivity index (χ4n) is 1.72. The van der Waals surface area contributed by atoms with Gasteiger partial charge in [0.15, 0.2) is 0 Å². The molecule has 1 heterocycles. The number of aryl methyl sites for hydroxylation is 1. The zero-order valence-electron chi connectivity index (χ0n) is 8.70. The van der Waals surface area contributed by atoms with Crippen molar-refractivity contribution in [2.75, 3.05) is 18.9 Å². The summed E-state index contributed by atoms with van der Waals surface area (Å²) in [6.45, 7) is 1.97. The number of fused-ring (bicyclic) bond motifs is 1.